The van der Waals surface area contributed by atoms with Crippen LogP contribution in [0.15, 0.2) is 27.8 Å². The molecule has 1 aromatic rings. The Kier molecular flexibility index (Phi) is 6.67. The molecule has 98 valence electrons. The molecule has 0 aliphatic carbocycles. The number of rotatable bonds is 5. The van der Waals surface area contributed by atoms with Crippen LogP contribution in [0.5, 0.6) is 5.75 Å². The Hall–Kier alpha value is -1.14. The number of ether oxygens (including phenoxy) is 1. The normalized spacial score (nSPS) is 10.4. The summed E-state index contributed by atoms with van der Waals surface area (Å²) in [5, 5.41) is 7.52. The topological polar surface area (TPSA) is 45.7 Å². The Morgan fingerprint density at radius 2 is 2.28 bits per heavy atom. The van der Waals surface area contributed by atoms with E-state index in [0.717, 1.165) is 22.3 Å². The Morgan fingerprint density at radius 3 is 2.94 bits per heavy atom. The van der Waals surface area contributed by atoms with Crippen molar-refractivity contribution in [3.05, 3.63) is 28.2 Å². The van der Waals surface area contributed by atoms with Gasteiger partial charge >= 0.3 is 0 Å². The molecule has 1 aromatic carbocycles. The molecule has 0 aliphatic rings. The Morgan fingerprint density at radius 1 is 1.50 bits per heavy atom. The Labute approximate surface area is 121 Å². The third-order valence-corrected chi connectivity index (χ3v) is 2.71. The number of hydrazone groups is 1. The van der Waals surface area contributed by atoms with Gasteiger partial charge in [-0.1, -0.05) is 15.9 Å². The van der Waals surface area contributed by atoms with E-state index in [1.165, 1.54) is 0 Å². The number of halogens is 1. The quantitative estimate of drug-likeness (QED) is 0.495. The standard InChI is InChI=1S/C12H16BrN3OS/c1-3-14-12(18)16-15-8-9-7-10(13)5-6-11(9)17-4-2/h5-8H,3-4H2,1-2H3,(H2,14,16,18)/b15-8+. The summed E-state index contributed by atoms with van der Waals surface area (Å²) < 4.78 is 6.48. The number of hydrogen-bond donors (Lipinski definition) is 2. The highest BCUT2D eigenvalue weighted by molar-refractivity contribution is 9.10. The average Bonchev–Trinajstić information content (AvgIpc) is 2.33. The van der Waals surface area contributed by atoms with Crippen molar-refractivity contribution < 1.29 is 4.74 Å². The molecule has 0 fully saturated rings. The molecule has 0 aromatic heterocycles. The van der Waals surface area contributed by atoms with Gasteiger partial charge in [0.25, 0.3) is 0 Å². The van der Waals surface area contributed by atoms with Crippen molar-refractivity contribution in [2.45, 2.75) is 13.8 Å². The first kappa shape index (κ1) is 14.9. The molecule has 0 saturated carbocycles. The molecule has 0 bridgehead atoms. The lowest BCUT2D eigenvalue weighted by molar-refractivity contribution is 0.339. The largest absolute Gasteiger partial charge is 0.493 e. The second-order valence-electron chi connectivity index (χ2n) is 3.34. The zero-order valence-electron chi connectivity index (χ0n) is 10.4. The predicted molar refractivity (Wildman–Crippen MR) is 82.3 cm³/mol. The van der Waals surface area contributed by atoms with Gasteiger partial charge in [0, 0.05) is 16.6 Å². The number of hydrogen-bond acceptors (Lipinski definition) is 3. The molecule has 0 saturated heterocycles. The van der Waals surface area contributed by atoms with Crippen molar-refractivity contribution in [3.8, 4) is 5.75 Å². The van der Waals surface area contributed by atoms with Crippen molar-refractivity contribution in [1.29, 1.82) is 0 Å². The minimum Gasteiger partial charge on any atom is -0.493 e. The predicted octanol–water partition coefficient (Wildman–Crippen LogP) is 2.67. The summed E-state index contributed by atoms with van der Waals surface area (Å²) in [5.74, 6) is 0.792. The molecule has 4 nitrogen and oxygen atoms in total. The fourth-order valence-electron chi connectivity index (χ4n) is 1.27. The molecule has 6 heteroatoms. The summed E-state index contributed by atoms with van der Waals surface area (Å²) >= 11 is 8.42. The third-order valence-electron chi connectivity index (χ3n) is 1.98. The van der Waals surface area contributed by atoms with E-state index in [1.807, 2.05) is 32.0 Å². The SMILES string of the molecule is CCNC(=S)N/N=C/c1cc(Br)ccc1OCC. The van der Waals surface area contributed by atoms with E-state index in [2.05, 4.69) is 31.8 Å². The Bertz CT molecular complexity index is 437. The van der Waals surface area contributed by atoms with Gasteiger partial charge in [-0.15, -0.1) is 0 Å². The van der Waals surface area contributed by atoms with E-state index in [1.54, 1.807) is 6.21 Å². The van der Waals surface area contributed by atoms with Crippen LogP contribution in [0.3, 0.4) is 0 Å². The lowest BCUT2D eigenvalue weighted by atomic mass is 10.2. The Balaban J connectivity index is 2.72. The highest BCUT2D eigenvalue weighted by Gasteiger charge is 2.01. The van der Waals surface area contributed by atoms with Gasteiger partial charge in [0.1, 0.15) is 5.75 Å². The van der Waals surface area contributed by atoms with E-state index in [4.69, 9.17) is 17.0 Å². The molecule has 1 rings (SSSR count). The second kappa shape index (κ2) is 8.05. The molecule has 0 atom stereocenters. The second-order valence-corrected chi connectivity index (χ2v) is 4.67. The molecular formula is C12H16BrN3OS. The van der Waals surface area contributed by atoms with Gasteiger partial charge in [0.05, 0.1) is 12.8 Å². The summed E-state index contributed by atoms with van der Waals surface area (Å²) in [6.07, 6.45) is 1.68. The van der Waals surface area contributed by atoms with Gasteiger partial charge in [-0.3, -0.25) is 5.43 Å². The van der Waals surface area contributed by atoms with Gasteiger partial charge in [0.15, 0.2) is 5.11 Å². The van der Waals surface area contributed by atoms with Gasteiger partial charge in [-0.25, -0.2) is 0 Å². The maximum atomic E-state index is 5.51. The first-order valence-electron chi connectivity index (χ1n) is 5.66. The van der Waals surface area contributed by atoms with Gasteiger partial charge < -0.3 is 10.1 Å². The van der Waals surface area contributed by atoms with E-state index in [-0.39, 0.29) is 0 Å². The van der Waals surface area contributed by atoms with E-state index in [9.17, 15) is 0 Å². The van der Waals surface area contributed by atoms with Crippen LogP contribution in [0.25, 0.3) is 0 Å². The van der Waals surface area contributed by atoms with Crippen molar-refractivity contribution >= 4 is 39.5 Å². The minimum atomic E-state index is 0.502. The highest BCUT2D eigenvalue weighted by atomic mass is 79.9. The number of thiocarbonyl (C=S) groups is 1. The molecule has 0 unspecified atom stereocenters. The summed E-state index contributed by atoms with van der Waals surface area (Å²) in [4.78, 5) is 0. The maximum Gasteiger partial charge on any atom is 0.186 e. The molecule has 18 heavy (non-hydrogen) atoms. The number of nitrogens with zero attached hydrogens (tertiary/aromatic N) is 1. The zero-order valence-corrected chi connectivity index (χ0v) is 12.8. The van der Waals surface area contributed by atoms with Gasteiger partial charge in [-0.05, 0) is 44.3 Å². The van der Waals surface area contributed by atoms with Crippen LogP contribution in [-0.2, 0) is 0 Å². The lowest BCUT2D eigenvalue weighted by Gasteiger charge is -2.07. The van der Waals surface area contributed by atoms with Crippen LogP contribution in [0.1, 0.15) is 19.4 Å². The summed E-state index contributed by atoms with van der Waals surface area (Å²) in [6.45, 7) is 5.30. The minimum absolute atomic E-state index is 0.502. The van der Waals surface area contributed by atoms with E-state index >= 15 is 0 Å². The summed E-state index contributed by atoms with van der Waals surface area (Å²) in [6, 6.07) is 5.77. The monoisotopic (exact) mass is 329 g/mol. The average molecular weight is 330 g/mol. The third kappa shape index (κ3) is 5.01. The number of benzene rings is 1. The number of nitrogens with one attached hydrogen (secondary N) is 2. The van der Waals surface area contributed by atoms with Crippen molar-refractivity contribution in [1.82, 2.24) is 10.7 Å². The van der Waals surface area contributed by atoms with Crippen LogP contribution < -0.4 is 15.5 Å². The van der Waals surface area contributed by atoms with E-state index in [0.29, 0.717) is 11.7 Å². The first-order chi connectivity index (χ1) is 8.67. The van der Waals surface area contributed by atoms with Crippen LogP contribution in [0.2, 0.25) is 0 Å². The van der Waals surface area contributed by atoms with Crippen LogP contribution in [0.4, 0.5) is 0 Å². The fraction of sp³-hybridized carbons (Fsp3) is 0.333. The fourth-order valence-corrected chi connectivity index (χ4v) is 1.84. The summed E-state index contributed by atoms with van der Waals surface area (Å²) in [7, 11) is 0. The molecule has 2 N–H and O–H groups in total. The van der Waals surface area contributed by atoms with E-state index < -0.39 is 0 Å². The molecule has 0 amide bonds. The van der Waals surface area contributed by atoms with Crippen molar-refractivity contribution in [2.24, 2.45) is 5.10 Å². The van der Waals surface area contributed by atoms with Crippen LogP contribution in [-0.4, -0.2) is 24.5 Å². The molecular weight excluding hydrogens is 314 g/mol. The summed E-state index contributed by atoms with van der Waals surface area (Å²) in [5.41, 5.74) is 3.63. The first-order valence-corrected chi connectivity index (χ1v) is 6.86. The lowest BCUT2D eigenvalue weighted by Crippen LogP contribution is -2.31. The van der Waals surface area contributed by atoms with Crippen molar-refractivity contribution in [2.75, 3.05) is 13.2 Å². The maximum absolute atomic E-state index is 5.51. The zero-order chi connectivity index (χ0) is 13.4. The molecule has 0 heterocycles. The molecule has 0 radical (unpaired) electrons. The van der Waals surface area contributed by atoms with Gasteiger partial charge in [0.2, 0.25) is 0 Å². The smallest absolute Gasteiger partial charge is 0.186 e. The van der Waals surface area contributed by atoms with Crippen LogP contribution >= 0.6 is 28.1 Å². The molecule has 0 aliphatic heterocycles. The van der Waals surface area contributed by atoms with Crippen molar-refractivity contribution in [3.63, 3.8) is 0 Å². The molecule has 0 spiro atoms. The van der Waals surface area contributed by atoms with Crippen LogP contribution in [0, 0.1) is 0 Å². The highest BCUT2D eigenvalue weighted by Crippen LogP contribution is 2.21. The van der Waals surface area contributed by atoms with Gasteiger partial charge in [-0.2, -0.15) is 5.10 Å².